The van der Waals surface area contributed by atoms with Crippen molar-refractivity contribution in [3.05, 3.63) is 29.8 Å². The molecule has 0 aliphatic carbocycles. The Kier molecular flexibility index (Phi) is 2.70. The zero-order valence-corrected chi connectivity index (χ0v) is 9.80. The van der Waals surface area contributed by atoms with Gasteiger partial charge in [0.15, 0.2) is 0 Å². The van der Waals surface area contributed by atoms with E-state index >= 15 is 0 Å². The Morgan fingerprint density at radius 3 is 2.73 bits per heavy atom. The minimum Gasteiger partial charge on any atom is -0.383 e. The number of rotatable bonds is 1. The van der Waals surface area contributed by atoms with Crippen molar-refractivity contribution in [1.29, 1.82) is 0 Å². The van der Waals surface area contributed by atoms with Gasteiger partial charge >= 0.3 is 0 Å². The molecule has 2 N–H and O–H groups in total. The molecule has 0 amide bonds. The molecular formula is C13H20N2. The summed E-state index contributed by atoms with van der Waals surface area (Å²) in [5, 5.41) is 7.11. The van der Waals surface area contributed by atoms with Crippen LogP contribution in [0.1, 0.15) is 26.3 Å². The van der Waals surface area contributed by atoms with E-state index in [0.29, 0.717) is 6.04 Å². The van der Waals surface area contributed by atoms with Gasteiger partial charge in [0.05, 0.1) is 0 Å². The van der Waals surface area contributed by atoms with Crippen molar-refractivity contribution in [2.75, 3.05) is 11.9 Å². The first kappa shape index (κ1) is 10.5. The lowest BCUT2D eigenvalue weighted by atomic mass is 9.97. The van der Waals surface area contributed by atoms with E-state index in [1.807, 2.05) is 0 Å². The number of hydrogen-bond donors (Lipinski definition) is 2. The molecule has 2 rings (SSSR count). The van der Waals surface area contributed by atoms with E-state index in [4.69, 9.17) is 0 Å². The predicted molar refractivity (Wildman–Crippen MR) is 65.3 cm³/mol. The molecule has 0 saturated carbocycles. The van der Waals surface area contributed by atoms with Crippen LogP contribution in [0, 0.1) is 0 Å². The van der Waals surface area contributed by atoms with Gasteiger partial charge < -0.3 is 10.6 Å². The number of hydrogen-bond acceptors (Lipinski definition) is 2. The van der Waals surface area contributed by atoms with Crippen LogP contribution in [0.5, 0.6) is 0 Å². The van der Waals surface area contributed by atoms with Crippen LogP contribution >= 0.6 is 0 Å². The highest BCUT2D eigenvalue weighted by Gasteiger charge is 2.21. The summed E-state index contributed by atoms with van der Waals surface area (Å²) < 4.78 is 0. The maximum atomic E-state index is 3.64. The van der Waals surface area contributed by atoms with Crippen molar-refractivity contribution in [2.45, 2.75) is 38.8 Å². The lowest BCUT2D eigenvalue weighted by molar-refractivity contribution is 0.361. The summed E-state index contributed by atoms with van der Waals surface area (Å²) in [5.41, 5.74) is 2.91. The quantitative estimate of drug-likeness (QED) is 0.734. The molecule has 1 aliphatic heterocycles. The molecule has 0 aromatic heterocycles. The summed E-state index contributed by atoms with van der Waals surface area (Å²) in [6.45, 7) is 7.67. The molecule has 0 saturated heterocycles. The highest BCUT2D eigenvalue weighted by molar-refractivity contribution is 5.53. The average Bonchev–Trinajstić information content (AvgIpc) is 2.15. The van der Waals surface area contributed by atoms with Crippen LogP contribution < -0.4 is 10.6 Å². The third kappa shape index (κ3) is 2.72. The Balaban J connectivity index is 2.06. The van der Waals surface area contributed by atoms with E-state index < -0.39 is 0 Å². The number of fused-ring (bicyclic) bond motifs is 1. The Morgan fingerprint density at radius 1 is 1.27 bits per heavy atom. The molecule has 0 radical (unpaired) electrons. The molecule has 1 aliphatic rings. The van der Waals surface area contributed by atoms with Gasteiger partial charge in [-0.1, -0.05) is 18.2 Å². The van der Waals surface area contributed by atoms with Crippen molar-refractivity contribution in [1.82, 2.24) is 5.32 Å². The number of para-hydroxylation sites is 1. The topological polar surface area (TPSA) is 24.1 Å². The van der Waals surface area contributed by atoms with Crippen molar-refractivity contribution >= 4 is 5.69 Å². The maximum absolute atomic E-state index is 3.64. The molecule has 1 aromatic rings. The Morgan fingerprint density at radius 2 is 2.00 bits per heavy atom. The molecule has 1 heterocycles. The SMILES string of the molecule is CC(C)(C)NC1CNc2ccccc2C1. The summed E-state index contributed by atoms with van der Waals surface area (Å²) in [6.07, 6.45) is 1.13. The van der Waals surface area contributed by atoms with Crippen LogP contribution in [-0.4, -0.2) is 18.1 Å². The normalized spacial score (nSPS) is 20.6. The smallest absolute Gasteiger partial charge is 0.0373 e. The summed E-state index contributed by atoms with van der Waals surface area (Å²) in [6, 6.07) is 9.10. The van der Waals surface area contributed by atoms with Crippen LogP contribution in [0.15, 0.2) is 24.3 Å². The van der Waals surface area contributed by atoms with Gasteiger partial charge in [-0.05, 0) is 38.8 Å². The van der Waals surface area contributed by atoms with Crippen LogP contribution in [0.2, 0.25) is 0 Å². The third-order valence-electron chi connectivity index (χ3n) is 2.66. The third-order valence-corrected chi connectivity index (χ3v) is 2.66. The largest absolute Gasteiger partial charge is 0.383 e. The van der Waals surface area contributed by atoms with Crippen LogP contribution in [0.4, 0.5) is 5.69 Å². The number of nitrogens with one attached hydrogen (secondary N) is 2. The van der Waals surface area contributed by atoms with Gasteiger partial charge in [-0.2, -0.15) is 0 Å². The molecule has 1 atom stereocenters. The van der Waals surface area contributed by atoms with Gasteiger partial charge in [-0.15, -0.1) is 0 Å². The van der Waals surface area contributed by atoms with Crippen LogP contribution in [0.25, 0.3) is 0 Å². The Bertz CT molecular complexity index is 339. The van der Waals surface area contributed by atoms with Gasteiger partial charge in [-0.25, -0.2) is 0 Å². The van der Waals surface area contributed by atoms with Crippen LogP contribution in [0.3, 0.4) is 0 Å². The first-order valence-electron chi connectivity index (χ1n) is 5.64. The van der Waals surface area contributed by atoms with E-state index in [1.165, 1.54) is 11.3 Å². The molecule has 15 heavy (non-hydrogen) atoms. The molecule has 82 valence electrons. The molecule has 0 bridgehead atoms. The van der Waals surface area contributed by atoms with E-state index in [-0.39, 0.29) is 5.54 Å². The van der Waals surface area contributed by atoms with Gasteiger partial charge in [0.1, 0.15) is 0 Å². The van der Waals surface area contributed by atoms with E-state index in [0.717, 1.165) is 13.0 Å². The molecule has 1 aromatic carbocycles. The standard InChI is InChI=1S/C13H20N2/c1-13(2,3)15-11-8-10-6-4-5-7-12(10)14-9-11/h4-7,11,14-15H,8-9H2,1-3H3. The van der Waals surface area contributed by atoms with Crippen LogP contribution in [-0.2, 0) is 6.42 Å². The Labute approximate surface area is 92.1 Å². The fourth-order valence-electron chi connectivity index (χ4n) is 2.16. The maximum Gasteiger partial charge on any atom is 0.0373 e. The van der Waals surface area contributed by atoms with Crippen molar-refractivity contribution in [3.8, 4) is 0 Å². The lowest BCUT2D eigenvalue weighted by Crippen LogP contribution is -2.49. The summed E-state index contributed by atoms with van der Waals surface area (Å²) >= 11 is 0. The highest BCUT2D eigenvalue weighted by Crippen LogP contribution is 2.21. The fraction of sp³-hybridized carbons (Fsp3) is 0.538. The molecule has 2 nitrogen and oxygen atoms in total. The second kappa shape index (κ2) is 3.86. The minimum absolute atomic E-state index is 0.193. The van der Waals surface area contributed by atoms with E-state index in [9.17, 15) is 0 Å². The first-order valence-corrected chi connectivity index (χ1v) is 5.64. The van der Waals surface area contributed by atoms with E-state index in [2.05, 4.69) is 55.7 Å². The number of anilines is 1. The highest BCUT2D eigenvalue weighted by atomic mass is 15.0. The Hall–Kier alpha value is -1.02. The van der Waals surface area contributed by atoms with Crippen molar-refractivity contribution in [2.24, 2.45) is 0 Å². The molecule has 0 fully saturated rings. The minimum atomic E-state index is 0.193. The van der Waals surface area contributed by atoms with Crippen molar-refractivity contribution in [3.63, 3.8) is 0 Å². The van der Waals surface area contributed by atoms with Gasteiger partial charge in [0, 0.05) is 23.8 Å². The molecule has 0 spiro atoms. The zero-order valence-electron chi connectivity index (χ0n) is 9.80. The summed E-state index contributed by atoms with van der Waals surface area (Å²) in [7, 11) is 0. The summed E-state index contributed by atoms with van der Waals surface area (Å²) in [4.78, 5) is 0. The predicted octanol–water partition coefficient (Wildman–Crippen LogP) is 2.41. The van der Waals surface area contributed by atoms with Gasteiger partial charge in [0.2, 0.25) is 0 Å². The molecular weight excluding hydrogens is 184 g/mol. The monoisotopic (exact) mass is 204 g/mol. The van der Waals surface area contributed by atoms with Crippen molar-refractivity contribution < 1.29 is 0 Å². The summed E-state index contributed by atoms with van der Waals surface area (Å²) in [5.74, 6) is 0. The fourth-order valence-corrected chi connectivity index (χ4v) is 2.16. The van der Waals surface area contributed by atoms with E-state index in [1.54, 1.807) is 0 Å². The lowest BCUT2D eigenvalue weighted by Gasteiger charge is -2.32. The second-order valence-corrected chi connectivity index (χ2v) is 5.33. The molecule has 2 heteroatoms. The number of benzene rings is 1. The van der Waals surface area contributed by atoms with Gasteiger partial charge in [-0.3, -0.25) is 0 Å². The first-order chi connectivity index (χ1) is 7.04. The second-order valence-electron chi connectivity index (χ2n) is 5.33. The zero-order chi connectivity index (χ0) is 10.9. The van der Waals surface area contributed by atoms with Gasteiger partial charge in [0.25, 0.3) is 0 Å². The average molecular weight is 204 g/mol. The molecule has 1 unspecified atom stereocenters.